The molecular weight excluding hydrogens is 260 g/mol. The highest BCUT2D eigenvalue weighted by atomic mass is 35.5. The molecule has 0 saturated carbocycles. The summed E-state index contributed by atoms with van der Waals surface area (Å²) in [5.41, 5.74) is 2.46. The fraction of sp³-hybridized carbons (Fsp3) is 0.357. The summed E-state index contributed by atoms with van der Waals surface area (Å²) < 4.78 is 1.88. The van der Waals surface area contributed by atoms with Gasteiger partial charge in [-0.25, -0.2) is 4.68 Å². The van der Waals surface area contributed by atoms with Crippen molar-refractivity contribution in [2.24, 2.45) is 0 Å². The Balaban J connectivity index is 0.00000133. The summed E-state index contributed by atoms with van der Waals surface area (Å²) in [4.78, 5) is 2.40. The summed E-state index contributed by atoms with van der Waals surface area (Å²) in [6.07, 6.45) is 3.76. The number of nitrogens with zero attached hydrogens (tertiary/aromatic N) is 3. The molecule has 1 aromatic heterocycles. The first-order chi connectivity index (χ1) is 8.83. The van der Waals surface area contributed by atoms with Gasteiger partial charge in [-0.2, -0.15) is 5.10 Å². The Morgan fingerprint density at radius 3 is 2.58 bits per heavy atom. The van der Waals surface area contributed by atoms with Gasteiger partial charge in [-0.1, -0.05) is 12.1 Å². The van der Waals surface area contributed by atoms with Crippen LogP contribution in [0.1, 0.15) is 5.56 Å². The van der Waals surface area contributed by atoms with E-state index in [1.54, 1.807) is 6.20 Å². The van der Waals surface area contributed by atoms with Gasteiger partial charge >= 0.3 is 0 Å². The second-order valence-electron chi connectivity index (χ2n) is 4.84. The van der Waals surface area contributed by atoms with Gasteiger partial charge in [0.15, 0.2) is 0 Å². The Hall–Kier alpha value is -1.36. The van der Waals surface area contributed by atoms with Crippen LogP contribution in [-0.2, 0) is 6.54 Å². The Labute approximate surface area is 119 Å². The van der Waals surface area contributed by atoms with Gasteiger partial charge in [0.2, 0.25) is 0 Å². The molecular formula is C14H19ClN4. The average Bonchev–Trinajstić information content (AvgIpc) is 2.81. The second-order valence-corrected chi connectivity index (χ2v) is 4.84. The third-order valence-corrected chi connectivity index (χ3v) is 3.52. The first-order valence-electron chi connectivity index (χ1n) is 6.33. The van der Waals surface area contributed by atoms with E-state index in [2.05, 4.69) is 46.6 Å². The molecule has 3 rings (SSSR count). The lowest BCUT2D eigenvalue weighted by atomic mass is 10.1. The van der Waals surface area contributed by atoms with Gasteiger partial charge in [-0.05, 0) is 30.8 Å². The van der Waals surface area contributed by atoms with Crippen LogP contribution in [0.5, 0.6) is 0 Å². The Kier molecular flexibility index (Phi) is 4.58. The minimum absolute atomic E-state index is 0. The summed E-state index contributed by atoms with van der Waals surface area (Å²) in [7, 11) is 2.19. The molecule has 5 heteroatoms. The van der Waals surface area contributed by atoms with E-state index in [4.69, 9.17) is 0 Å². The van der Waals surface area contributed by atoms with Crippen LogP contribution in [0.2, 0.25) is 0 Å². The molecule has 0 bridgehead atoms. The fourth-order valence-corrected chi connectivity index (χ4v) is 2.18. The molecule has 1 aliphatic heterocycles. The van der Waals surface area contributed by atoms with E-state index in [1.807, 2.05) is 16.9 Å². The highest BCUT2D eigenvalue weighted by molar-refractivity contribution is 5.85. The molecule has 102 valence electrons. The van der Waals surface area contributed by atoms with Crippen molar-refractivity contribution in [3.05, 3.63) is 48.3 Å². The largest absolute Gasteiger partial charge is 0.314 e. The van der Waals surface area contributed by atoms with Crippen molar-refractivity contribution < 1.29 is 0 Å². The van der Waals surface area contributed by atoms with E-state index in [-0.39, 0.29) is 12.4 Å². The quantitative estimate of drug-likeness (QED) is 0.924. The number of hydrogen-bond donors (Lipinski definition) is 1. The van der Waals surface area contributed by atoms with Gasteiger partial charge < -0.3 is 5.32 Å². The second kappa shape index (κ2) is 6.19. The van der Waals surface area contributed by atoms with Crippen molar-refractivity contribution in [3.63, 3.8) is 0 Å². The minimum atomic E-state index is 0. The van der Waals surface area contributed by atoms with Crippen molar-refractivity contribution in [1.29, 1.82) is 0 Å². The fourth-order valence-electron chi connectivity index (χ4n) is 2.18. The summed E-state index contributed by atoms with van der Waals surface area (Å²) in [6.45, 7) is 3.23. The van der Waals surface area contributed by atoms with Crippen LogP contribution in [0.4, 0.5) is 0 Å². The Morgan fingerprint density at radius 2 is 2.05 bits per heavy atom. The van der Waals surface area contributed by atoms with Crippen LogP contribution in [0.3, 0.4) is 0 Å². The number of benzene rings is 1. The van der Waals surface area contributed by atoms with E-state index in [0.717, 1.165) is 25.3 Å². The SMILES string of the molecule is CN(Cc1ccc(-n2cccn2)cc1)C1CNC1.Cl. The maximum Gasteiger partial charge on any atom is 0.0645 e. The van der Waals surface area contributed by atoms with Crippen molar-refractivity contribution in [1.82, 2.24) is 20.0 Å². The van der Waals surface area contributed by atoms with Crippen LogP contribution in [0.15, 0.2) is 42.7 Å². The molecule has 0 spiro atoms. The zero-order valence-electron chi connectivity index (χ0n) is 11.0. The van der Waals surface area contributed by atoms with Crippen molar-refractivity contribution in [2.45, 2.75) is 12.6 Å². The van der Waals surface area contributed by atoms with Crippen LogP contribution < -0.4 is 5.32 Å². The molecule has 19 heavy (non-hydrogen) atoms. The van der Waals surface area contributed by atoms with Gasteiger partial charge in [-0.15, -0.1) is 12.4 Å². The normalized spacial score (nSPS) is 15.1. The zero-order valence-corrected chi connectivity index (χ0v) is 11.8. The average molecular weight is 279 g/mol. The third kappa shape index (κ3) is 3.15. The van der Waals surface area contributed by atoms with Crippen molar-refractivity contribution in [2.75, 3.05) is 20.1 Å². The predicted molar refractivity (Wildman–Crippen MR) is 78.9 cm³/mol. The first kappa shape index (κ1) is 14.1. The zero-order chi connectivity index (χ0) is 12.4. The van der Waals surface area contributed by atoms with E-state index in [9.17, 15) is 0 Å². The van der Waals surface area contributed by atoms with E-state index in [1.165, 1.54) is 5.56 Å². The van der Waals surface area contributed by atoms with E-state index >= 15 is 0 Å². The van der Waals surface area contributed by atoms with E-state index in [0.29, 0.717) is 6.04 Å². The molecule has 2 heterocycles. The van der Waals surface area contributed by atoms with Gasteiger partial charge in [0, 0.05) is 38.1 Å². The third-order valence-electron chi connectivity index (χ3n) is 3.52. The monoisotopic (exact) mass is 278 g/mol. The molecule has 1 N–H and O–H groups in total. The van der Waals surface area contributed by atoms with E-state index < -0.39 is 0 Å². The topological polar surface area (TPSA) is 33.1 Å². The smallest absolute Gasteiger partial charge is 0.0645 e. The summed E-state index contributed by atoms with van der Waals surface area (Å²) in [5.74, 6) is 0. The Morgan fingerprint density at radius 1 is 1.32 bits per heavy atom. The number of rotatable bonds is 4. The van der Waals surface area contributed by atoms with Crippen LogP contribution in [0.25, 0.3) is 5.69 Å². The van der Waals surface area contributed by atoms with Gasteiger partial charge in [-0.3, -0.25) is 4.90 Å². The number of hydrogen-bond acceptors (Lipinski definition) is 3. The Bertz CT molecular complexity index is 491. The molecule has 1 fully saturated rings. The molecule has 1 saturated heterocycles. The van der Waals surface area contributed by atoms with Gasteiger partial charge in [0.1, 0.15) is 0 Å². The van der Waals surface area contributed by atoms with Gasteiger partial charge in [0.25, 0.3) is 0 Å². The number of nitrogens with one attached hydrogen (secondary N) is 1. The summed E-state index contributed by atoms with van der Waals surface area (Å²) >= 11 is 0. The standard InChI is InChI=1S/C14H18N4.ClH/c1-17(14-9-15-10-14)11-12-3-5-13(6-4-12)18-8-2-7-16-18;/h2-8,14-15H,9-11H2,1H3;1H. The molecule has 0 atom stereocenters. The summed E-state index contributed by atoms with van der Waals surface area (Å²) in [5, 5.41) is 7.53. The van der Waals surface area contributed by atoms with Crippen molar-refractivity contribution >= 4 is 12.4 Å². The lowest BCUT2D eigenvalue weighted by Crippen LogP contribution is -2.55. The minimum Gasteiger partial charge on any atom is -0.314 e. The van der Waals surface area contributed by atoms with Crippen LogP contribution in [-0.4, -0.2) is 40.9 Å². The number of halogens is 1. The molecule has 1 aliphatic rings. The molecule has 0 amide bonds. The maximum absolute atomic E-state index is 4.23. The highest BCUT2D eigenvalue weighted by Gasteiger charge is 2.21. The first-order valence-corrected chi connectivity index (χ1v) is 6.33. The number of likely N-dealkylation sites (N-methyl/N-ethyl adjacent to an activating group) is 1. The molecule has 4 nitrogen and oxygen atoms in total. The summed E-state index contributed by atoms with van der Waals surface area (Å²) in [6, 6.07) is 11.2. The predicted octanol–water partition coefficient (Wildman–Crippen LogP) is 1.70. The maximum atomic E-state index is 4.23. The lowest BCUT2D eigenvalue weighted by molar-refractivity contribution is 0.173. The molecule has 0 aliphatic carbocycles. The molecule has 1 aromatic carbocycles. The van der Waals surface area contributed by atoms with Gasteiger partial charge in [0.05, 0.1) is 5.69 Å². The lowest BCUT2D eigenvalue weighted by Gasteiger charge is -2.35. The van der Waals surface area contributed by atoms with Crippen LogP contribution >= 0.6 is 12.4 Å². The molecule has 2 aromatic rings. The molecule has 0 radical (unpaired) electrons. The van der Waals surface area contributed by atoms with Crippen LogP contribution in [0, 0.1) is 0 Å². The van der Waals surface area contributed by atoms with Crippen molar-refractivity contribution in [3.8, 4) is 5.69 Å². The molecule has 0 unspecified atom stereocenters. The highest BCUT2D eigenvalue weighted by Crippen LogP contribution is 2.12. The number of aromatic nitrogens is 2.